The van der Waals surface area contributed by atoms with Gasteiger partial charge in [-0.25, -0.2) is 0 Å². The third-order valence-corrected chi connectivity index (χ3v) is 15.2. The van der Waals surface area contributed by atoms with Crippen molar-refractivity contribution in [3.63, 3.8) is 0 Å². The predicted octanol–water partition coefficient (Wildman–Crippen LogP) is 5.37. The van der Waals surface area contributed by atoms with Crippen molar-refractivity contribution in [1.29, 1.82) is 0 Å². The first-order chi connectivity index (χ1) is 26.4. The second-order valence-electron chi connectivity index (χ2n) is 18.9. The summed E-state index contributed by atoms with van der Waals surface area (Å²) >= 11 is 0. The molecule has 0 bridgehead atoms. The first kappa shape index (κ1) is 39.9. The lowest BCUT2D eigenvalue weighted by atomic mass is 9.44. The Balaban J connectivity index is 1.01. The minimum atomic E-state index is -0.771. The van der Waals surface area contributed by atoms with Gasteiger partial charge in [0.2, 0.25) is 17.7 Å². The highest BCUT2D eigenvalue weighted by atomic mass is 16.3. The van der Waals surface area contributed by atoms with Crippen LogP contribution in [0.5, 0.6) is 0 Å². The number of fused-ring (bicyclic) bond motifs is 5. The largest absolute Gasteiger partial charge is 0.393 e. The van der Waals surface area contributed by atoms with Gasteiger partial charge in [-0.1, -0.05) is 88.4 Å². The van der Waals surface area contributed by atoms with Gasteiger partial charge in [0.25, 0.3) is 0 Å². The van der Waals surface area contributed by atoms with Crippen LogP contribution in [-0.4, -0.2) is 94.2 Å². The van der Waals surface area contributed by atoms with E-state index in [4.69, 9.17) is 0 Å². The maximum Gasteiger partial charge on any atom is 0.245 e. The van der Waals surface area contributed by atoms with Gasteiger partial charge in [0.05, 0.1) is 18.6 Å². The average molecular weight is 755 g/mol. The third-order valence-electron chi connectivity index (χ3n) is 15.2. The van der Waals surface area contributed by atoms with Crippen molar-refractivity contribution in [1.82, 2.24) is 20.4 Å². The van der Waals surface area contributed by atoms with Gasteiger partial charge in [-0.15, -0.1) is 0 Å². The molecule has 0 unspecified atom stereocenters. The molecule has 300 valence electrons. The minimum Gasteiger partial charge on any atom is -0.393 e. The molecule has 4 saturated carbocycles. The fraction of sp³-hybridized carbons (Fsp3) is 0.674. The van der Waals surface area contributed by atoms with Crippen LogP contribution in [-0.2, 0) is 27.2 Å². The SMILES string of the molecule is CC(C)C[C@H](NC(=O)Cc1ccccc1)C(=O)N[C@@H](Cc1ccccc1)C(=O)N1CCN([C@H]2C[C@@]3(C)[C@@H](CC[C@@H]4[C@@H]3CC[C@]3(C)[C@@H](O)CC[C@@H]43)C[C@@H]2O)CC1. The average Bonchev–Trinajstić information content (AvgIpc) is 3.48. The summed E-state index contributed by atoms with van der Waals surface area (Å²) in [5, 5.41) is 28.7. The Hall–Kier alpha value is -3.27. The van der Waals surface area contributed by atoms with Gasteiger partial charge in [0.1, 0.15) is 12.1 Å². The molecule has 4 N–H and O–H groups in total. The number of carbonyl (C=O) groups is 3. The summed E-state index contributed by atoms with van der Waals surface area (Å²) in [6.07, 6.45) is 9.07. The number of carbonyl (C=O) groups excluding carboxylic acids is 3. The Morgan fingerprint density at radius 3 is 2.11 bits per heavy atom. The van der Waals surface area contributed by atoms with Crippen molar-refractivity contribution in [2.75, 3.05) is 26.2 Å². The zero-order valence-corrected chi connectivity index (χ0v) is 33.7. The second-order valence-corrected chi connectivity index (χ2v) is 18.9. The van der Waals surface area contributed by atoms with Crippen LogP contribution in [0.25, 0.3) is 0 Å². The van der Waals surface area contributed by atoms with Crippen molar-refractivity contribution in [3.8, 4) is 0 Å². The van der Waals surface area contributed by atoms with Crippen molar-refractivity contribution < 1.29 is 24.6 Å². The number of benzene rings is 2. The molecule has 11 atom stereocenters. The van der Waals surface area contributed by atoms with Crippen LogP contribution in [0.4, 0.5) is 0 Å². The summed E-state index contributed by atoms with van der Waals surface area (Å²) in [7, 11) is 0. The summed E-state index contributed by atoms with van der Waals surface area (Å²) in [5.74, 6) is 1.93. The van der Waals surface area contributed by atoms with E-state index >= 15 is 0 Å². The maximum atomic E-state index is 14.4. The number of hydrogen-bond donors (Lipinski definition) is 4. The third kappa shape index (κ3) is 8.40. The van der Waals surface area contributed by atoms with E-state index in [-0.39, 0.29) is 59.1 Å². The van der Waals surface area contributed by atoms with Crippen LogP contribution in [0.2, 0.25) is 0 Å². The highest BCUT2D eigenvalue weighted by molar-refractivity contribution is 5.92. The number of nitrogens with zero attached hydrogens (tertiary/aromatic N) is 2. The molecule has 55 heavy (non-hydrogen) atoms. The lowest BCUT2D eigenvalue weighted by Crippen LogP contribution is -2.63. The fourth-order valence-corrected chi connectivity index (χ4v) is 12.2. The normalized spacial score (nSPS) is 34.5. The molecule has 3 amide bonds. The standard InChI is InChI=1S/C46H66N4O5/c1-30(2)25-37(47-42(53)27-32-13-9-6-10-14-32)43(54)48-38(26-31-11-7-5-8-12-31)44(55)50-23-21-49(22-24-50)39-29-46(4)33(28-40(39)51)15-16-34-35-17-18-41(52)45(35,3)20-19-36(34)46/h5-14,30,33-41,51-52H,15-29H2,1-4H3,(H,47,53)(H,48,54)/t33-,34-,35-,36-,37-,38-,39-,40-,41-,45-,46-/m0/s1. The number of aliphatic hydroxyl groups excluding tert-OH is 2. The molecule has 2 aromatic carbocycles. The van der Waals surface area contributed by atoms with Gasteiger partial charge in [0, 0.05) is 38.6 Å². The van der Waals surface area contributed by atoms with Gasteiger partial charge in [0.15, 0.2) is 0 Å². The van der Waals surface area contributed by atoms with Crippen LogP contribution in [0.3, 0.4) is 0 Å². The molecule has 0 radical (unpaired) electrons. The van der Waals surface area contributed by atoms with E-state index in [1.165, 1.54) is 19.3 Å². The molecule has 4 aliphatic carbocycles. The van der Waals surface area contributed by atoms with E-state index in [0.717, 1.165) is 43.2 Å². The van der Waals surface area contributed by atoms with Crippen molar-refractivity contribution >= 4 is 17.7 Å². The van der Waals surface area contributed by atoms with Gasteiger partial charge in [-0.05, 0) is 109 Å². The molecule has 9 heteroatoms. The molecular weight excluding hydrogens is 689 g/mol. The summed E-state index contributed by atoms with van der Waals surface area (Å²) in [6, 6.07) is 17.8. The number of amides is 3. The van der Waals surface area contributed by atoms with E-state index in [0.29, 0.717) is 62.7 Å². The molecule has 0 spiro atoms. The van der Waals surface area contributed by atoms with Crippen molar-refractivity contribution in [2.45, 2.75) is 129 Å². The van der Waals surface area contributed by atoms with E-state index in [1.807, 2.05) is 79.4 Å². The Labute approximate surface area is 329 Å². The van der Waals surface area contributed by atoms with Crippen LogP contribution in [0, 0.1) is 40.4 Å². The van der Waals surface area contributed by atoms with Crippen LogP contribution in [0.1, 0.15) is 96.6 Å². The number of hydrogen-bond acceptors (Lipinski definition) is 6. The molecule has 1 saturated heterocycles. The van der Waals surface area contributed by atoms with E-state index in [1.54, 1.807) is 0 Å². The smallest absolute Gasteiger partial charge is 0.245 e. The predicted molar refractivity (Wildman–Crippen MR) is 215 cm³/mol. The topological polar surface area (TPSA) is 122 Å². The van der Waals surface area contributed by atoms with Crippen molar-refractivity contribution in [2.24, 2.45) is 40.4 Å². The van der Waals surface area contributed by atoms with E-state index in [9.17, 15) is 24.6 Å². The second kappa shape index (κ2) is 16.7. The van der Waals surface area contributed by atoms with Gasteiger partial charge < -0.3 is 25.7 Å². The molecule has 1 aliphatic heterocycles. The molecule has 5 aliphatic rings. The van der Waals surface area contributed by atoms with E-state index < -0.39 is 12.1 Å². The first-order valence-corrected chi connectivity index (χ1v) is 21.4. The summed E-state index contributed by atoms with van der Waals surface area (Å²) < 4.78 is 0. The van der Waals surface area contributed by atoms with Crippen LogP contribution >= 0.6 is 0 Å². The van der Waals surface area contributed by atoms with E-state index in [2.05, 4.69) is 29.4 Å². The number of aliphatic hydroxyl groups is 2. The molecule has 1 heterocycles. The highest BCUT2D eigenvalue weighted by Crippen LogP contribution is 2.66. The number of nitrogens with one attached hydrogen (secondary N) is 2. The Bertz CT molecular complexity index is 1630. The Kier molecular flexibility index (Phi) is 12.1. The molecule has 0 aromatic heterocycles. The molecule has 9 nitrogen and oxygen atoms in total. The monoisotopic (exact) mass is 755 g/mol. The maximum absolute atomic E-state index is 14.4. The molecule has 7 rings (SSSR count). The van der Waals surface area contributed by atoms with Gasteiger partial charge in [-0.3, -0.25) is 19.3 Å². The quantitative estimate of drug-likeness (QED) is 0.245. The number of piperazine rings is 1. The minimum absolute atomic E-state index is 0.0598. The van der Waals surface area contributed by atoms with Crippen LogP contribution in [0.15, 0.2) is 60.7 Å². The number of rotatable bonds is 11. The zero-order valence-electron chi connectivity index (χ0n) is 33.7. The van der Waals surface area contributed by atoms with Gasteiger partial charge >= 0.3 is 0 Å². The molecular formula is C46H66N4O5. The zero-order chi connectivity index (χ0) is 38.9. The van der Waals surface area contributed by atoms with Gasteiger partial charge in [-0.2, -0.15) is 0 Å². The fourth-order valence-electron chi connectivity index (χ4n) is 12.2. The highest BCUT2D eigenvalue weighted by Gasteiger charge is 2.61. The first-order valence-electron chi connectivity index (χ1n) is 21.4. The van der Waals surface area contributed by atoms with Crippen molar-refractivity contribution in [3.05, 3.63) is 71.8 Å². The summed E-state index contributed by atoms with van der Waals surface area (Å²) in [5.41, 5.74) is 2.07. The lowest BCUT2D eigenvalue weighted by Gasteiger charge is -2.62. The molecule has 2 aromatic rings. The van der Waals surface area contributed by atoms with Crippen LogP contribution < -0.4 is 10.6 Å². The lowest BCUT2D eigenvalue weighted by molar-refractivity contribution is -0.157. The summed E-state index contributed by atoms with van der Waals surface area (Å²) in [6.45, 7) is 11.4. The molecule has 5 fully saturated rings. The summed E-state index contributed by atoms with van der Waals surface area (Å²) in [4.78, 5) is 45.7. The Morgan fingerprint density at radius 1 is 0.782 bits per heavy atom. The Morgan fingerprint density at radius 2 is 1.44 bits per heavy atom.